The Balaban J connectivity index is 0.00000117. The molecule has 3 aromatic rings. The van der Waals surface area contributed by atoms with Gasteiger partial charge in [-0.3, -0.25) is 0 Å². The minimum atomic E-state index is -0.0367. The Bertz CT molecular complexity index is 1070. The third-order valence-electron chi connectivity index (χ3n) is 5.74. The van der Waals surface area contributed by atoms with E-state index in [-0.39, 0.29) is 5.41 Å². The van der Waals surface area contributed by atoms with Crippen LogP contribution in [0.25, 0.3) is 16.8 Å². The van der Waals surface area contributed by atoms with Gasteiger partial charge < -0.3 is 4.90 Å². The lowest BCUT2D eigenvalue weighted by Gasteiger charge is -2.17. The summed E-state index contributed by atoms with van der Waals surface area (Å²) in [5.41, 5.74) is 6.46. The van der Waals surface area contributed by atoms with Crippen LogP contribution in [0, 0.1) is 0 Å². The molecule has 2 heteroatoms. The molecule has 0 fully saturated rings. The van der Waals surface area contributed by atoms with Gasteiger partial charge in [-0.05, 0) is 54.5 Å². The second kappa shape index (κ2) is 8.24. The van der Waals surface area contributed by atoms with Gasteiger partial charge in [0.15, 0.2) is 5.71 Å². The Morgan fingerprint density at radius 1 is 0.828 bits per heavy atom. The van der Waals surface area contributed by atoms with E-state index in [9.17, 15) is 0 Å². The van der Waals surface area contributed by atoms with E-state index in [1.165, 1.54) is 39.0 Å². The first-order chi connectivity index (χ1) is 13.9. The summed E-state index contributed by atoms with van der Waals surface area (Å²) >= 11 is 0. The molecule has 1 heterocycles. The van der Waals surface area contributed by atoms with Gasteiger partial charge in [-0.2, -0.15) is 4.58 Å². The Hall–Kier alpha value is -2.87. The van der Waals surface area contributed by atoms with Gasteiger partial charge in [0, 0.05) is 37.5 Å². The molecular weight excluding hydrogens is 352 g/mol. The fourth-order valence-corrected chi connectivity index (χ4v) is 4.25. The maximum atomic E-state index is 2.34. The van der Waals surface area contributed by atoms with E-state index < -0.39 is 0 Å². The van der Waals surface area contributed by atoms with Gasteiger partial charge in [0.25, 0.3) is 0 Å². The molecule has 150 valence electrons. The van der Waals surface area contributed by atoms with Crippen molar-refractivity contribution in [3.8, 4) is 0 Å². The second-order valence-corrected chi connectivity index (χ2v) is 8.07. The number of hydrogen-bond donors (Lipinski definition) is 0. The molecule has 4 rings (SSSR count). The van der Waals surface area contributed by atoms with Gasteiger partial charge in [-0.1, -0.05) is 50.2 Å². The molecule has 0 atom stereocenters. The lowest BCUT2D eigenvalue weighted by Crippen LogP contribution is -2.26. The fourth-order valence-electron chi connectivity index (χ4n) is 4.25. The number of nitrogens with zero attached hydrogens (tertiary/aromatic N) is 2. The van der Waals surface area contributed by atoms with Crippen LogP contribution in [0.15, 0.2) is 66.7 Å². The molecule has 0 saturated heterocycles. The second-order valence-electron chi connectivity index (χ2n) is 8.07. The van der Waals surface area contributed by atoms with Crippen LogP contribution >= 0.6 is 0 Å². The molecule has 0 N–H and O–H groups in total. The maximum Gasteiger partial charge on any atom is 0.210 e. The van der Waals surface area contributed by atoms with Crippen molar-refractivity contribution in [3.63, 3.8) is 0 Å². The summed E-state index contributed by atoms with van der Waals surface area (Å²) in [5.74, 6) is 0. The Kier molecular flexibility index (Phi) is 5.93. The molecular formula is C27H33N2+. The van der Waals surface area contributed by atoms with E-state index in [1.54, 1.807) is 0 Å². The normalized spacial score (nSPS) is 14.7. The van der Waals surface area contributed by atoms with Crippen LogP contribution in [0.2, 0.25) is 0 Å². The molecule has 3 aromatic carbocycles. The van der Waals surface area contributed by atoms with Gasteiger partial charge >= 0.3 is 0 Å². The average Bonchev–Trinajstić information content (AvgIpc) is 2.93. The summed E-state index contributed by atoms with van der Waals surface area (Å²) < 4.78 is 2.34. The van der Waals surface area contributed by atoms with Crippen LogP contribution in [0.3, 0.4) is 0 Å². The highest BCUT2D eigenvalue weighted by Gasteiger charge is 2.44. The number of hydrogen-bond acceptors (Lipinski definition) is 1. The third kappa shape index (κ3) is 3.72. The first-order valence-electron chi connectivity index (χ1n) is 10.5. The van der Waals surface area contributed by atoms with Crippen molar-refractivity contribution < 1.29 is 4.58 Å². The largest absolute Gasteiger partial charge is 0.378 e. The molecule has 29 heavy (non-hydrogen) atoms. The Morgan fingerprint density at radius 3 is 2.14 bits per heavy atom. The highest BCUT2D eigenvalue weighted by molar-refractivity contribution is 6.09. The molecule has 1 aliphatic rings. The van der Waals surface area contributed by atoms with Crippen molar-refractivity contribution in [2.75, 3.05) is 26.0 Å². The average molecular weight is 386 g/mol. The van der Waals surface area contributed by atoms with Crippen molar-refractivity contribution in [2.24, 2.45) is 0 Å². The summed E-state index contributed by atoms with van der Waals surface area (Å²) in [4.78, 5) is 2.12. The van der Waals surface area contributed by atoms with E-state index in [2.05, 4.69) is 117 Å². The highest BCUT2D eigenvalue weighted by Crippen LogP contribution is 2.43. The SMILES string of the molecule is CC.CN(C)c1ccc(C=CC2=[N+](C)c3ccc4ccccc4c3C2(C)C)cc1. The van der Waals surface area contributed by atoms with Gasteiger partial charge in [-0.25, -0.2) is 0 Å². The molecule has 0 unspecified atom stereocenters. The van der Waals surface area contributed by atoms with Gasteiger partial charge in [0.2, 0.25) is 5.69 Å². The summed E-state index contributed by atoms with van der Waals surface area (Å²) in [6.45, 7) is 8.66. The zero-order chi connectivity index (χ0) is 21.2. The van der Waals surface area contributed by atoms with Crippen molar-refractivity contribution in [1.82, 2.24) is 0 Å². The standard InChI is InChI=1S/C25H27N2.C2H6/c1-25(2)23(17-12-18-10-14-20(15-11-18)26(3)4)27(5)22-16-13-19-8-6-7-9-21(19)24(22)25;1-2/h6-17H,1-5H3;1-2H3/q+1;. The molecule has 0 amide bonds. The minimum Gasteiger partial charge on any atom is -0.378 e. The quantitative estimate of drug-likeness (QED) is 0.457. The molecule has 0 aromatic heterocycles. The van der Waals surface area contributed by atoms with Crippen LogP contribution in [-0.2, 0) is 5.41 Å². The number of fused-ring (bicyclic) bond motifs is 3. The number of anilines is 1. The molecule has 0 saturated carbocycles. The van der Waals surface area contributed by atoms with E-state index >= 15 is 0 Å². The minimum absolute atomic E-state index is 0.0367. The highest BCUT2D eigenvalue weighted by atomic mass is 15.1. The van der Waals surface area contributed by atoms with E-state index in [0.29, 0.717) is 0 Å². The van der Waals surface area contributed by atoms with Crippen molar-refractivity contribution in [2.45, 2.75) is 33.1 Å². The van der Waals surface area contributed by atoms with E-state index in [4.69, 9.17) is 0 Å². The van der Waals surface area contributed by atoms with Gasteiger partial charge in [-0.15, -0.1) is 0 Å². The van der Waals surface area contributed by atoms with Crippen molar-refractivity contribution in [3.05, 3.63) is 77.9 Å². The summed E-state index contributed by atoms with van der Waals surface area (Å²) in [7, 11) is 6.31. The third-order valence-corrected chi connectivity index (χ3v) is 5.74. The molecule has 1 aliphatic heterocycles. The summed E-state index contributed by atoms with van der Waals surface area (Å²) in [6.07, 6.45) is 4.50. The van der Waals surface area contributed by atoms with E-state index in [0.717, 1.165) is 0 Å². The monoisotopic (exact) mass is 385 g/mol. The Labute approximate surface area is 175 Å². The lowest BCUT2D eigenvalue weighted by atomic mass is 9.79. The first kappa shape index (κ1) is 20.9. The predicted octanol–water partition coefficient (Wildman–Crippen LogP) is 6.65. The first-order valence-corrected chi connectivity index (χ1v) is 10.5. The van der Waals surface area contributed by atoms with Crippen LogP contribution in [-0.4, -0.2) is 31.4 Å². The molecule has 0 aliphatic carbocycles. The van der Waals surface area contributed by atoms with Crippen LogP contribution < -0.4 is 4.90 Å². The van der Waals surface area contributed by atoms with Crippen LogP contribution in [0.1, 0.15) is 38.8 Å². The molecule has 0 bridgehead atoms. The van der Waals surface area contributed by atoms with E-state index in [1.807, 2.05) is 13.8 Å². The Morgan fingerprint density at radius 2 is 1.48 bits per heavy atom. The zero-order valence-corrected chi connectivity index (χ0v) is 18.8. The lowest BCUT2D eigenvalue weighted by molar-refractivity contribution is -0.401. The smallest absolute Gasteiger partial charge is 0.210 e. The fraction of sp³-hybridized carbons (Fsp3) is 0.296. The number of benzene rings is 3. The van der Waals surface area contributed by atoms with Gasteiger partial charge in [0.05, 0.1) is 5.41 Å². The maximum absolute atomic E-state index is 2.34. The van der Waals surface area contributed by atoms with Crippen molar-refractivity contribution >= 4 is 33.9 Å². The molecule has 0 radical (unpaired) electrons. The predicted molar refractivity (Wildman–Crippen MR) is 129 cm³/mol. The van der Waals surface area contributed by atoms with Crippen molar-refractivity contribution in [1.29, 1.82) is 0 Å². The summed E-state index contributed by atoms with van der Waals surface area (Å²) in [6, 6.07) is 21.9. The van der Waals surface area contributed by atoms with Gasteiger partial charge in [0.1, 0.15) is 7.05 Å². The van der Waals surface area contributed by atoms with Crippen LogP contribution in [0.5, 0.6) is 0 Å². The summed E-state index contributed by atoms with van der Waals surface area (Å²) in [5, 5.41) is 2.66. The number of allylic oxidation sites excluding steroid dienone is 1. The topological polar surface area (TPSA) is 6.25 Å². The zero-order valence-electron chi connectivity index (χ0n) is 18.8. The molecule has 2 nitrogen and oxygen atoms in total. The van der Waals surface area contributed by atoms with Crippen LogP contribution in [0.4, 0.5) is 11.4 Å². The molecule has 0 spiro atoms. The number of rotatable bonds is 3.